The first-order valence-electron chi connectivity index (χ1n) is 6.24. The maximum atomic E-state index is 11.7. The fourth-order valence-corrected chi connectivity index (χ4v) is 2.82. The second kappa shape index (κ2) is 4.85. The first-order chi connectivity index (χ1) is 7.66. The van der Waals surface area contributed by atoms with E-state index in [-0.39, 0.29) is 17.7 Å². The largest absolute Gasteiger partial charge is 0.369 e. The normalized spacial score (nSPS) is 27.4. The Morgan fingerprint density at radius 1 is 1.31 bits per heavy atom. The third-order valence-corrected chi connectivity index (χ3v) is 3.82. The molecule has 2 rings (SSSR count). The summed E-state index contributed by atoms with van der Waals surface area (Å²) >= 11 is 0. The van der Waals surface area contributed by atoms with Crippen molar-refractivity contribution in [3.05, 3.63) is 0 Å². The first-order valence-corrected chi connectivity index (χ1v) is 6.24. The highest BCUT2D eigenvalue weighted by molar-refractivity contribution is 5.88. The van der Waals surface area contributed by atoms with Crippen molar-refractivity contribution in [3.63, 3.8) is 0 Å². The number of rotatable bonds is 3. The fourth-order valence-electron chi connectivity index (χ4n) is 2.82. The Morgan fingerprint density at radius 3 is 2.56 bits per heavy atom. The van der Waals surface area contributed by atoms with Gasteiger partial charge in [-0.2, -0.15) is 0 Å². The standard InChI is InChI=1S/C12H20N2O2/c13-12(16)10-6-11(15)14(8-10)7-9-4-2-1-3-5-9/h9-10H,1-8H2,(H2,13,16). The van der Waals surface area contributed by atoms with Gasteiger partial charge < -0.3 is 10.6 Å². The van der Waals surface area contributed by atoms with E-state index in [1.807, 2.05) is 4.90 Å². The zero-order valence-corrected chi connectivity index (χ0v) is 9.65. The molecule has 4 heteroatoms. The summed E-state index contributed by atoms with van der Waals surface area (Å²) in [5, 5.41) is 0. The molecule has 2 N–H and O–H groups in total. The predicted octanol–water partition coefficient (Wildman–Crippen LogP) is 0.900. The molecule has 0 aromatic rings. The van der Waals surface area contributed by atoms with Gasteiger partial charge in [0.1, 0.15) is 0 Å². The van der Waals surface area contributed by atoms with E-state index in [1.54, 1.807) is 0 Å². The molecule has 0 aromatic carbocycles. The lowest BCUT2D eigenvalue weighted by atomic mass is 9.89. The number of amides is 2. The monoisotopic (exact) mass is 224 g/mol. The third kappa shape index (κ3) is 2.54. The van der Waals surface area contributed by atoms with E-state index in [0.717, 1.165) is 6.54 Å². The van der Waals surface area contributed by atoms with Gasteiger partial charge >= 0.3 is 0 Å². The van der Waals surface area contributed by atoms with Crippen LogP contribution in [-0.4, -0.2) is 29.8 Å². The Bertz CT molecular complexity index is 285. The van der Waals surface area contributed by atoms with Crippen LogP contribution in [-0.2, 0) is 9.59 Å². The Hall–Kier alpha value is -1.06. The van der Waals surface area contributed by atoms with Crippen LogP contribution in [0.15, 0.2) is 0 Å². The molecule has 4 nitrogen and oxygen atoms in total. The lowest BCUT2D eigenvalue weighted by Gasteiger charge is -2.26. The van der Waals surface area contributed by atoms with Gasteiger partial charge in [-0.15, -0.1) is 0 Å². The Kier molecular flexibility index (Phi) is 3.46. The molecule has 2 fully saturated rings. The number of hydrogen-bond donors (Lipinski definition) is 1. The van der Waals surface area contributed by atoms with Crippen molar-refractivity contribution in [2.24, 2.45) is 17.6 Å². The van der Waals surface area contributed by atoms with Crippen molar-refractivity contribution in [3.8, 4) is 0 Å². The first kappa shape index (κ1) is 11.4. The maximum absolute atomic E-state index is 11.7. The molecule has 2 amide bonds. The SMILES string of the molecule is NC(=O)C1CC(=O)N(CC2CCCCC2)C1. The number of primary amides is 1. The van der Waals surface area contributed by atoms with Crippen LogP contribution in [0.1, 0.15) is 38.5 Å². The highest BCUT2D eigenvalue weighted by atomic mass is 16.2. The number of carbonyl (C=O) groups is 2. The average molecular weight is 224 g/mol. The molecule has 1 unspecified atom stereocenters. The minimum Gasteiger partial charge on any atom is -0.369 e. The van der Waals surface area contributed by atoms with E-state index in [4.69, 9.17) is 5.73 Å². The van der Waals surface area contributed by atoms with Crippen molar-refractivity contribution in [2.45, 2.75) is 38.5 Å². The van der Waals surface area contributed by atoms with Crippen LogP contribution in [0.2, 0.25) is 0 Å². The molecule has 90 valence electrons. The zero-order chi connectivity index (χ0) is 11.5. The van der Waals surface area contributed by atoms with Gasteiger partial charge in [-0.1, -0.05) is 19.3 Å². The van der Waals surface area contributed by atoms with Crippen LogP contribution in [0.5, 0.6) is 0 Å². The van der Waals surface area contributed by atoms with Gasteiger partial charge in [-0.3, -0.25) is 9.59 Å². The van der Waals surface area contributed by atoms with Crippen LogP contribution >= 0.6 is 0 Å². The van der Waals surface area contributed by atoms with E-state index < -0.39 is 0 Å². The zero-order valence-electron chi connectivity index (χ0n) is 9.65. The molecule has 1 saturated heterocycles. The van der Waals surface area contributed by atoms with E-state index >= 15 is 0 Å². The van der Waals surface area contributed by atoms with Crippen molar-refractivity contribution in [1.82, 2.24) is 4.90 Å². The minimum atomic E-state index is -0.334. The minimum absolute atomic E-state index is 0.106. The lowest BCUT2D eigenvalue weighted by Crippen LogP contribution is -2.33. The summed E-state index contributed by atoms with van der Waals surface area (Å²) in [6.45, 7) is 1.38. The molecular formula is C12H20N2O2. The summed E-state index contributed by atoms with van der Waals surface area (Å²) in [4.78, 5) is 24.5. The fraction of sp³-hybridized carbons (Fsp3) is 0.833. The highest BCUT2D eigenvalue weighted by Crippen LogP contribution is 2.27. The van der Waals surface area contributed by atoms with E-state index in [0.29, 0.717) is 18.9 Å². The summed E-state index contributed by atoms with van der Waals surface area (Å²) in [5.74, 6) is 0.161. The van der Waals surface area contributed by atoms with Crippen LogP contribution in [0, 0.1) is 11.8 Å². The molecule has 1 atom stereocenters. The van der Waals surface area contributed by atoms with Gasteiger partial charge in [-0.25, -0.2) is 0 Å². The van der Waals surface area contributed by atoms with Gasteiger partial charge in [0, 0.05) is 19.5 Å². The van der Waals surface area contributed by atoms with Crippen LogP contribution in [0.3, 0.4) is 0 Å². The third-order valence-electron chi connectivity index (χ3n) is 3.82. The van der Waals surface area contributed by atoms with Crippen LogP contribution < -0.4 is 5.73 Å². The number of hydrogen-bond acceptors (Lipinski definition) is 2. The molecule has 1 aliphatic carbocycles. The highest BCUT2D eigenvalue weighted by Gasteiger charge is 2.34. The van der Waals surface area contributed by atoms with Crippen molar-refractivity contribution >= 4 is 11.8 Å². The molecule has 0 bridgehead atoms. The molecule has 1 saturated carbocycles. The molecule has 2 aliphatic rings. The van der Waals surface area contributed by atoms with E-state index in [1.165, 1.54) is 32.1 Å². The van der Waals surface area contributed by atoms with Gasteiger partial charge in [0.15, 0.2) is 0 Å². The second-order valence-corrected chi connectivity index (χ2v) is 5.11. The van der Waals surface area contributed by atoms with Gasteiger partial charge in [-0.05, 0) is 18.8 Å². The Labute approximate surface area is 96.2 Å². The second-order valence-electron chi connectivity index (χ2n) is 5.11. The van der Waals surface area contributed by atoms with Crippen LogP contribution in [0.4, 0.5) is 0 Å². The Balaban J connectivity index is 1.85. The van der Waals surface area contributed by atoms with Crippen molar-refractivity contribution < 1.29 is 9.59 Å². The van der Waals surface area contributed by atoms with Gasteiger partial charge in [0.2, 0.25) is 11.8 Å². The summed E-state index contributed by atoms with van der Waals surface area (Å²) in [6, 6.07) is 0. The summed E-state index contributed by atoms with van der Waals surface area (Å²) in [5.41, 5.74) is 5.24. The van der Waals surface area contributed by atoms with Gasteiger partial charge in [0.25, 0.3) is 0 Å². The van der Waals surface area contributed by atoms with E-state index in [2.05, 4.69) is 0 Å². The number of carbonyl (C=O) groups excluding carboxylic acids is 2. The smallest absolute Gasteiger partial charge is 0.223 e. The topological polar surface area (TPSA) is 63.4 Å². The average Bonchev–Trinajstić information content (AvgIpc) is 2.62. The number of likely N-dealkylation sites (tertiary alicyclic amines) is 1. The molecule has 0 aromatic heterocycles. The molecule has 1 aliphatic heterocycles. The molecule has 1 heterocycles. The van der Waals surface area contributed by atoms with Crippen molar-refractivity contribution in [1.29, 1.82) is 0 Å². The molecule has 0 radical (unpaired) electrons. The summed E-state index contributed by atoms with van der Waals surface area (Å²) < 4.78 is 0. The number of nitrogens with two attached hydrogens (primary N) is 1. The van der Waals surface area contributed by atoms with Crippen LogP contribution in [0.25, 0.3) is 0 Å². The van der Waals surface area contributed by atoms with Gasteiger partial charge in [0.05, 0.1) is 5.92 Å². The van der Waals surface area contributed by atoms with E-state index in [9.17, 15) is 9.59 Å². The summed E-state index contributed by atoms with van der Waals surface area (Å²) in [7, 11) is 0. The van der Waals surface area contributed by atoms with Crippen molar-refractivity contribution in [2.75, 3.05) is 13.1 Å². The predicted molar refractivity (Wildman–Crippen MR) is 60.5 cm³/mol. The lowest BCUT2D eigenvalue weighted by molar-refractivity contribution is -0.129. The summed E-state index contributed by atoms with van der Waals surface area (Å²) in [6.07, 6.45) is 6.67. The maximum Gasteiger partial charge on any atom is 0.223 e. The number of nitrogens with zero attached hydrogens (tertiary/aromatic N) is 1. The molecule has 0 spiro atoms. The molecular weight excluding hydrogens is 204 g/mol. The molecule has 16 heavy (non-hydrogen) atoms. The Morgan fingerprint density at radius 2 is 2.00 bits per heavy atom. The quantitative estimate of drug-likeness (QED) is 0.774.